The highest BCUT2D eigenvalue weighted by Gasteiger charge is 2.51. The second-order valence-electron chi connectivity index (χ2n) is 3.75. The van der Waals surface area contributed by atoms with Crippen LogP contribution in [0.1, 0.15) is 45.4 Å². The van der Waals surface area contributed by atoms with Gasteiger partial charge in [0.25, 0.3) is 0 Å². The van der Waals surface area contributed by atoms with Crippen molar-refractivity contribution in [2.75, 3.05) is 6.61 Å². The van der Waals surface area contributed by atoms with E-state index < -0.39 is 11.6 Å². The van der Waals surface area contributed by atoms with E-state index >= 15 is 0 Å². The van der Waals surface area contributed by atoms with Gasteiger partial charge in [0.15, 0.2) is 5.60 Å². The molecule has 1 atom stereocenters. The molecule has 0 bridgehead atoms. The standard InChI is InChI=1S/C10H18O3/c1-2-3-4-5-6-7-10(8-13-10)9(11)12/h2-8H2,1H3,(H,11,12)/t10-/m0/s1. The van der Waals surface area contributed by atoms with Gasteiger partial charge in [0.2, 0.25) is 0 Å². The molecule has 0 aliphatic carbocycles. The maximum Gasteiger partial charge on any atom is 0.338 e. The molecule has 0 aromatic rings. The molecule has 1 heterocycles. The number of rotatable bonds is 7. The van der Waals surface area contributed by atoms with Crippen LogP contribution in [0.4, 0.5) is 0 Å². The van der Waals surface area contributed by atoms with Crippen molar-refractivity contribution in [3.05, 3.63) is 0 Å². The molecule has 1 saturated heterocycles. The largest absolute Gasteiger partial charge is 0.479 e. The van der Waals surface area contributed by atoms with E-state index in [-0.39, 0.29) is 0 Å². The number of aliphatic carboxylic acids is 1. The lowest BCUT2D eigenvalue weighted by molar-refractivity contribution is -0.143. The second kappa shape index (κ2) is 4.61. The average Bonchev–Trinajstić information content (AvgIpc) is 2.85. The predicted molar refractivity (Wildman–Crippen MR) is 49.7 cm³/mol. The van der Waals surface area contributed by atoms with Crippen LogP contribution < -0.4 is 0 Å². The first-order valence-corrected chi connectivity index (χ1v) is 5.08. The van der Waals surface area contributed by atoms with Gasteiger partial charge >= 0.3 is 5.97 Å². The SMILES string of the molecule is CCCCCCC[C@@]1(C(=O)O)CO1. The summed E-state index contributed by atoms with van der Waals surface area (Å²) in [4.78, 5) is 10.7. The first-order valence-electron chi connectivity index (χ1n) is 5.08. The Morgan fingerprint density at radius 2 is 2.00 bits per heavy atom. The number of carboxylic acids is 1. The lowest BCUT2D eigenvalue weighted by Crippen LogP contribution is -2.23. The highest BCUT2D eigenvalue weighted by atomic mass is 16.6. The molecule has 0 radical (unpaired) electrons. The maximum absolute atomic E-state index is 10.7. The summed E-state index contributed by atoms with van der Waals surface area (Å²) in [5, 5.41) is 8.78. The molecule has 0 aromatic carbocycles. The molecule has 76 valence electrons. The van der Waals surface area contributed by atoms with Crippen LogP contribution in [0, 0.1) is 0 Å². The molecule has 0 saturated carbocycles. The minimum Gasteiger partial charge on any atom is -0.479 e. The third kappa shape index (κ3) is 2.99. The van der Waals surface area contributed by atoms with Crippen molar-refractivity contribution in [2.45, 2.75) is 51.0 Å². The Morgan fingerprint density at radius 3 is 2.46 bits per heavy atom. The van der Waals surface area contributed by atoms with Gasteiger partial charge in [-0.1, -0.05) is 32.6 Å². The summed E-state index contributed by atoms with van der Waals surface area (Å²) in [6.45, 7) is 2.58. The van der Waals surface area contributed by atoms with E-state index in [1.807, 2.05) is 0 Å². The number of unbranched alkanes of at least 4 members (excludes halogenated alkanes) is 4. The zero-order valence-electron chi connectivity index (χ0n) is 8.21. The first kappa shape index (κ1) is 10.5. The van der Waals surface area contributed by atoms with Crippen molar-refractivity contribution < 1.29 is 14.6 Å². The highest BCUT2D eigenvalue weighted by molar-refractivity contribution is 5.80. The highest BCUT2D eigenvalue weighted by Crippen LogP contribution is 2.33. The maximum atomic E-state index is 10.7. The van der Waals surface area contributed by atoms with E-state index in [0.717, 1.165) is 12.8 Å². The van der Waals surface area contributed by atoms with Crippen LogP contribution in [0.25, 0.3) is 0 Å². The molecular weight excluding hydrogens is 168 g/mol. The van der Waals surface area contributed by atoms with Crippen molar-refractivity contribution in [1.29, 1.82) is 0 Å². The fourth-order valence-corrected chi connectivity index (χ4v) is 1.48. The monoisotopic (exact) mass is 186 g/mol. The topological polar surface area (TPSA) is 49.8 Å². The molecule has 1 fully saturated rings. The van der Waals surface area contributed by atoms with Crippen LogP contribution in [0.5, 0.6) is 0 Å². The quantitative estimate of drug-likeness (QED) is 0.490. The van der Waals surface area contributed by atoms with Crippen LogP contribution in [-0.2, 0) is 9.53 Å². The van der Waals surface area contributed by atoms with E-state index in [1.54, 1.807) is 0 Å². The van der Waals surface area contributed by atoms with E-state index in [1.165, 1.54) is 19.3 Å². The summed E-state index contributed by atoms with van der Waals surface area (Å²) < 4.78 is 4.96. The number of carbonyl (C=O) groups is 1. The van der Waals surface area contributed by atoms with Crippen molar-refractivity contribution in [3.63, 3.8) is 0 Å². The van der Waals surface area contributed by atoms with Crippen LogP contribution >= 0.6 is 0 Å². The van der Waals surface area contributed by atoms with Crippen molar-refractivity contribution in [1.82, 2.24) is 0 Å². The smallest absolute Gasteiger partial charge is 0.338 e. The Hall–Kier alpha value is -0.570. The zero-order chi connectivity index (χ0) is 9.73. The van der Waals surface area contributed by atoms with Crippen LogP contribution in [0.3, 0.4) is 0 Å². The molecule has 1 aliphatic heterocycles. The normalized spacial score (nSPS) is 25.9. The fraction of sp³-hybridized carbons (Fsp3) is 0.900. The van der Waals surface area contributed by atoms with Gasteiger partial charge in [-0.3, -0.25) is 0 Å². The molecular formula is C10H18O3. The van der Waals surface area contributed by atoms with E-state index in [4.69, 9.17) is 9.84 Å². The molecule has 0 amide bonds. The number of ether oxygens (including phenoxy) is 1. The Labute approximate surface area is 79.1 Å². The van der Waals surface area contributed by atoms with Gasteiger partial charge in [-0.15, -0.1) is 0 Å². The van der Waals surface area contributed by atoms with Crippen molar-refractivity contribution in [2.24, 2.45) is 0 Å². The van der Waals surface area contributed by atoms with Gasteiger partial charge in [0.1, 0.15) is 0 Å². The lowest BCUT2D eigenvalue weighted by atomic mass is 10.0. The van der Waals surface area contributed by atoms with Gasteiger partial charge in [-0.25, -0.2) is 4.79 Å². The molecule has 13 heavy (non-hydrogen) atoms. The third-order valence-corrected chi connectivity index (χ3v) is 2.57. The zero-order valence-corrected chi connectivity index (χ0v) is 8.21. The van der Waals surface area contributed by atoms with Crippen LogP contribution in [-0.4, -0.2) is 23.3 Å². The molecule has 1 N–H and O–H groups in total. The summed E-state index contributed by atoms with van der Waals surface area (Å²) in [5.41, 5.74) is -0.786. The molecule has 0 spiro atoms. The van der Waals surface area contributed by atoms with Gasteiger partial charge in [-0.2, -0.15) is 0 Å². The number of carboxylic acid groups (broad SMARTS) is 1. The summed E-state index contributed by atoms with van der Waals surface area (Å²) in [7, 11) is 0. The Balaban J connectivity index is 2.03. The molecule has 3 heteroatoms. The van der Waals surface area contributed by atoms with Crippen LogP contribution in [0.2, 0.25) is 0 Å². The van der Waals surface area contributed by atoms with E-state index in [0.29, 0.717) is 13.0 Å². The third-order valence-electron chi connectivity index (χ3n) is 2.57. The molecule has 1 rings (SSSR count). The van der Waals surface area contributed by atoms with E-state index in [9.17, 15) is 4.79 Å². The van der Waals surface area contributed by atoms with Crippen molar-refractivity contribution >= 4 is 5.97 Å². The van der Waals surface area contributed by atoms with Crippen LogP contribution in [0.15, 0.2) is 0 Å². The van der Waals surface area contributed by atoms with Gasteiger partial charge < -0.3 is 9.84 Å². The Morgan fingerprint density at radius 1 is 1.38 bits per heavy atom. The summed E-state index contributed by atoms with van der Waals surface area (Å²) in [6.07, 6.45) is 6.48. The minimum absolute atomic E-state index is 0.413. The first-order chi connectivity index (χ1) is 6.21. The van der Waals surface area contributed by atoms with Crippen molar-refractivity contribution in [3.8, 4) is 0 Å². The second-order valence-corrected chi connectivity index (χ2v) is 3.75. The molecule has 0 unspecified atom stereocenters. The minimum atomic E-state index is -0.789. The molecule has 0 aromatic heterocycles. The molecule has 1 aliphatic rings. The average molecular weight is 186 g/mol. The predicted octanol–water partition coefficient (Wildman–Crippen LogP) is 2.20. The summed E-state index contributed by atoms with van der Waals surface area (Å²) in [6, 6.07) is 0. The Bertz CT molecular complexity index is 173. The number of hydrogen-bond acceptors (Lipinski definition) is 2. The number of hydrogen-bond donors (Lipinski definition) is 1. The Kier molecular flexibility index (Phi) is 3.72. The lowest BCUT2D eigenvalue weighted by Gasteiger charge is -2.05. The van der Waals surface area contributed by atoms with Gasteiger partial charge in [-0.05, 0) is 12.8 Å². The summed E-state index contributed by atoms with van der Waals surface area (Å²) >= 11 is 0. The van der Waals surface area contributed by atoms with Gasteiger partial charge in [0, 0.05) is 0 Å². The summed E-state index contributed by atoms with van der Waals surface area (Å²) in [5.74, 6) is -0.789. The molecule has 3 nitrogen and oxygen atoms in total. The van der Waals surface area contributed by atoms with Gasteiger partial charge in [0.05, 0.1) is 6.61 Å². The fourth-order valence-electron chi connectivity index (χ4n) is 1.48. The van der Waals surface area contributed by atoms with E-state index in [2.05, 4.69) is 6.92 Å². The number of epoxide rings is 1.